The second kappa shape index (κ2) is 6.89. The lowest BCUT2D eigenvalue weighted by Gasteiger charge is -2.21. The van der Waals surface area contributed by atoms with E-state index in [1.165, 1.54) is 0 Å². The summed E-state index contributed by atoms with van der Waals surface area (Å²) in [6, 6.07) is 8.80. The number of carbonyl (C=O) groups excluding carboxylic acids is 1. The number of hydrogen-bond donors (Lipinski definition) is 1. The van der Waals surface area contributed by atoms with Gasteiger partial charge in [-0.1, -0.05) is 18.2 Å². The van der Waals surface area contributed by atoms with Gasteiger partial charge in [0.2, 0.25) is 0 Å². The maximum absolute atomic E-state index is 11.8. The largest absolute Gasteiger partial charge is 0.481 e. The lowest BCUT2D eigenvalue weighted by molar-refractivity contribution is -0.159. The molecule has 1 aromatic rings. The highest BCUT2D eigenvalue weighted by Gasteiger charge is 2.26. The number of carbonyl (C=O) groups is 2. The van der Waals surface area contributed by atoms with E-state index in [9.17, 15) is 14.7 Å². The average molecular weight is 289 g/mol. The van der Waals surface area contributed by atoms with Gasteiger partial charge in [0.1, 0.15) is 5.60 Å². The normalized spacial score (nSPS) is 12.3. The molecule has 0 aliphatic carbocycles. The van der Waals surface area contributed by atoms with Gasteiger partial charge in [-0.25, -0.2) is 0 Å². The summed E-state index contributed by atoms with van der Waals surface area (Å²) in [5.74, 6) is -2.53. The molecule has 112 valence electrons. The minimum atomic E-state index is -1.08. The Morgan fingerprint density at radius 1 is 1.33 bits per heavy atom. The molecule has 0 aliphatic rings. The van der Waals surface area contributed by atoms with E-state index in [4.69, 9.17) is 10.00 Å². The second-order valence-electron chi connectivity index (χ2n) is 5.80. The van der Waals surface area contributed by atoms with Gasteiger partial charge in [-0.3, -0.25) is 9.59 Å². The van der Waals surface area contributed by atoms with Crippen LogP contribution in [0.3, 0.4) is 0 Å². The maximum Gasteiger partial charge on any atom is 0.307 e. The van der Waals surface area contributed by atoms with Crippen molar-refractivity contribution in [2.24, 2.45) is 5.92 Å². The molecule has 1 unspecified atom stereocenters. The second-order valence-corrected chi connectivity index (χ2v) is 5.80. The van der Waals surface area contributed by atoms with Crippen molar-refractivity contribution >= 4 is 11.9 Å². The van der Waals surface area contributed by atoms with Gasteiger partial charge in [0.05, 0.1) is 24.0 Å². The van der Waals surface area contributed by atoms with Crippen LogP contribution in [0.25, 0.3) is 0 Å². The highest BCUT2D eigenvalue weighted by molar-refractivity contribution is 5.79. The Bertz CT molecular complexity index is 566. The van der Waals surface area contributed by atoms with Crippen LogP contribution in [0.4, 0.5) is 0 Å². The van der Waals surface area contributed by atoms with E-state index in [0.29, 0.717) is 11.1 Å². The van der Waals surface area contributed by atoms with Gasteiger partial charge in [0.15, 0.2) is 0 Å². The highest BCUT2D eigenvalue weighted by atomic mass is 16.6. The van der Waals surface area contributed by atoms with Crippen LogP contribution in [-0.4, -0.2) is 22.6 Å². The number of nitriles is 1. The fourth-order valence-corrected chi connectivity index (χ4v) is 1.90. The van der Waals surface area contributed by atoms with Crippen LogP contribution in [0.5, 0.6) is 0 Å². The van der Waals surface area contributed by atoms with Crippen molar-refractivity contribution in [1.29, 1.82) is 5.26 Å². The number of carboxylic acids is 1. The molecule has 1 rings (SSSR count). The SMILES string of the molecule is CC(C)(C)OC(=O)CC(Cc1ccccc1C#N)C(=O)O. The molecule has 1 atom stereocenters. The van der Waals surface area contributed by atoms with Gasteiger partial charge in [-0.15, -0.1) is 0 Å². The van der Waals surface area contributed by atoms with Gasteiger partial charge in [-0.05, 0) is 38.8 Å². The molecular formula is C16H19NO4. The summed E-state index contributed by atoms with van der Waals surface area (Å²) in [6.45, 7) is 5.18. The van der Waals surface area contributed by atoms with Crippen molar-refractivity contribution in [3.63, 3.8) is 0 Å². The third-order valence-corrected chi connectivity index (χ3v) is 2.79. The van der Waals surface area contributed by atoms with Crippen molar-refractivity contribution in [2.75, 3.05) is 0 Å². The summed E-state index contributed by atoms with van der Waals surface area (Å²) in [5.41, 5.74) is 0.397. The Hall–Kier alpha value is -2.35. The minimum Gasteiger partial charge on any atom is -0.481 e. The van der Waals surface area contributed by atoms with E-state index in [-0.39, 0.29) is 12.8 Å². The summed E-state index contributed by atoms with van der Waals surface area (Å²) >= 11 is 0. The average Bonchev–Trinajstić information content (AvgIpc) is 2.36. The fourth-order valence-electron chi connectivity index (χ4n) is 1.90. The molecule has 1 N–H and O–H groups in total. The van der Waals surface area contributed by atoms with Crippen molar-refractivity contribution in [1.82, 2.24) is 0 Å². The molecule has 0 spiro atoms. The summed E-state index contributed by atoms with van der Waals surface area (Å²) in [5, 5.41) is 18.3. The number of rotatable bonds is 5. The Balaban J connectivity index is 2.82. The molecule has 5 nitrogen and oxygen atoms in total. The third-order valence-electron chi connectivity index (χ3n) is 2.79. The van der Waals surface area contributed by atoms with Crippen molar-refractivity contribution in [3.05, 3.63) is 35.4 Å². The van der Waals surface area contributed by atoms with E-state index in [1.54, 1.807) is 45.0 Å². The van der Waals surface area contributed by atoms with Crippen molar-refractivity contribution in [2.45, 2.75) is 39.2 Å². The Morgan fingerprint density at radius 3 is 2.48 bits per heavy atom. The molecule has 0 heterocycles. The molecule has 1 aromatic carbocycles. The number of esters is 1. The molecular weight excluding hydrogens is 270 g/mol. The number of nitrogens with zero attached hydrogens (tertiary/aromatic N) is 1. The molecule has 0 amide bonds. The third kappa shape index (κ3) is 5.65. The number of carboxylic acid groups (broad SMARTS) is 1. The number of aliphatic carboxylic acids is 1. The zero-order chi connectivity index (χ0) is 16.0. The monoisotopic (exact) mass is 289 g/mol. The maximum atomic E-state index is 11.8. The Morgan fingerprint density at radius 2 is 1.95 bits per heavy atom. The molecule has 0 bridgehead atoms. The fraction of sp³-hybridized carbons (Fsp3) is 0.438. The smallest absolute Gasteiger partial charge is 0.307 e. The molecule has 0 saturated heterocycles. The zero-order valence-corrected chi connectivity index (χ0v) is 12.4. The Labute approximate surface area is 124 Å². The lowest BCUT2D eigenvalue weighted by Crippen LogP contribution is -2.28. The summed E-state index contributed by atoms with van der Waals surface area (Å²) < 4.78 is 5.15. The first-order chi connectivity index (χ1) is 9.73. The van der Waals surface area contributed by atoms with Crippen LogP contribution in [0.15, 0.2) is 24.3 Å². The zero-order valence-electron chi connectivity index (χ0n) is 12.4. The van der Waals surface area contributed by atoms with Crippen LogP contribution in [0.1, 0.15) is 38.3 Å². The van der Waals surface area contributed by atoms with Crippen molar-refractivity contribution in [3.8, 4) is 6.07 Å². The van der Waals surface area contributed by atoms with Crippen LogP contribution >= 0.6 is 0 Å². The predicted molar refractivity (Wildman–Crippen MR) is 76.4 cm³/mol. The molecule has 21 heavy (non-hydrogen) atoms. The molecule has 0 fully saturated rings. The summed E-state index contributed by atoms with van der Waals surface area (Å²) in [7, 11) is 0. The van der Waals surface area contributed by atoms with Crippen molar-refractivity contribution < 1.29 is 19.4 Å². The molecule has 0 radical (unpaired) electrons. The van der Waals surface area contributed by atoms with Crippen LogP contribution in [0.2, 0.25) is 0 Å². The minimum absolute atomic E-state index is 0.123. The molecule has 5 heteroatoms. The van der Waals surface area contributed by atoms with E-state index < -0.39 is 23.5 Å². The first kappa shape index (κ1) is 16.7. The first-order valence-electron chi connectivity index (χ1n) is 6.65. The van der Waals surface area contributed by atoms with E-state index in [0.717, 1.165) is 0 Å². The standard InChI is InChI=1S/C16H19NO4/c1-16(2,3)21-14(18)9-13(15(19)20)8-11-6-4-5-7-12(11)10-17/h4-7,13H,8-9H2,1-3H3,(H,19,20). The number of ether oxygens (including phenoxy) is 1. The highest BCUT2D eigenvalue weighted by Crippen LogP contribution is 2.18. The topological polar surface area (TPSA) is 87.4 Å². The van der Waals surface area contributed by atoms with Gasteiger partial charge < -0.3 is 9.84 Å². The number of benzene rings is 1. The predicted octanol–water partition coefficient (Wildman–Crippen LogP) is 2.53. The van der Waals surface area contributed by atoms with Gasteiger partial charge in [0, 0.05) is 0 Å². The summed E-state index contributed by atoms with van der Waals surface area (Å²) in [4.78, 5) is 23.1. The van der Waals surface area contributed by atoms with Gasteiger partial charge in [0.25, 0.3) is 0 Å². The molecule has 0 aliphatic heterocycles. The quantitative estimate of drug-likeness (QED) is 0.841. The van der Waals surface area contributed by atoms with Crippen LogP contribution in [-0.2, 0) is 20.7 Å². The van der Waals surface area contributed by atoms with Crippen LogP contribution < -0.4 is 0 Å². The Kier molecular flexibility index (Phi) is 5.48. The first-order valence-corrected chi connectivity index (χ1v) is 6.65. The van der Waals surface area contributed by atoms with Crippen LogP contribution in [0, 0.1) is 17.2 Å². The summed E-state index contributed by atoms with van der Waals surface area (Å²) in [6.07, 6.45) is -0.0926. The van der Waals surface area contributed by atoms with Gasteiger partial charge in [-0.2, -0.15) is 5.26 Å². The number of hydrogen-bond acceptors (Lipinski definition) is 4. The molecule has 0 saturated carbocycles. The van der Waals surface area contributed by atoms with E-state index in [1.807, 2.05) is 6.07 Å². The van der Waals surface area contributed by atoms with Gasteiger partial charge >= 0.3 is 11.9 Å². The van der Waals surface area contributed by atoms with E-state index in [2.05, 4.69) is 0 Å². The lowest BCUT2D eigenvalue weighted by atomic mass is 9.93. The molecule has 0 aromatic heterocycles. The van der Waals surface area contributed by atoms with E-state index >= 15 is 0 Å².